The lowest BCUT2D eigenvalue weighted by Crippen LogP contribution is -2.40. The van der Waals surface area contributed by atoms with Gasteiger partial charge in [-0.05, 0) is 44.9 Å². The minimum Gasteiger partial charge on any atom is -0.467 e. The monoisotopic (exact) mass is 503 g/mol. The largest absolute Gasteiger partial charge is 0.467 e. The normalized spacial score (nSPS) is 14.2. The van der Waals surface area contributed by atoms with Crippen LogP contribution in [0.2, 0.25) is 0 Å². The molecule has 0 radical (unpaired) electrons. The third kappa shape index (κ3) is 4.86. The van der Waals surface area contributed by atoms with E-state index < -0.39 is 0 Å². The lowest BCUT2D eigenvalue weighted by Gasteiger charge is -2.31. The van der Waals surface area contributed by atoms with Crippen LogP contribution < -0.4 is 0 Å². The molecule has 1 saturated heterocycles. The van der Waals surface area contributed by atoms with Crippen LogP contribution in [0.25, 0.3) is 22.0 Å². The summed E-state index contributed by atoms with van der Waals surface area (Å²) in [5, 5.41) is 2.97. The standard InChI is InChI=1S/C28H29N3O4S/c1-3-34-28(33)21-11-13-30(14-12-21)27(32)23-16-25(31(19(23)2)17-22-10-7-15-35-22)24-18-36-26(29-24)20-8-5-4-6-9-20/h4-10,15-16,18,21H,3,11-14,17H2,1-2H3. The summed E-state index contributed by atoms with van der Waals surface area (Å²) in [6.45, 7) is 5.74. The molecular formula is C28H29N3O4S. The average molecular weight is 504 g/mol. The molecule has 1 amide bonds. The topological polar surface area (TPSA) is 77.6 Å². The van der Waals surface area contributed by atoms with Crippen molar-refractivity contribution in [1.29, 1.82) is 0 Å². The second kappa shape index (κ2) is 10.5. The Balaban J connectivity index is 1.44. The van der Waals surface area contributed by atoms with E-state index in [1.165, 1.54) is 0 Å². The number of nitrogens with zero attached hydrogens (tertiary/aromatic N) is 3. The van der Waals surface area contributed by atoms with E-state index in [-0.39, 0.29) is 17.8 Å². The summed E-state index contributed by atoms with van der Waals surface area (Å²) in [4.78, 5) is 32.5. The average Bonchev–Trinajstić information content (AvgIpc) is 3.66. The molecule has 3 aromatic heterocycles. The minimum atomic E-state index is -0.162. The molecule has 8 heteroatoms. The summed E-state index contributed by atoms with van der Waals surface area (Å²) in [6.07, 6.45) is 2.90. The highest BCUT2D eigenvalue weighted by Crippen LogP contribution is 2.33. The second-order valence-electron chi connectivity index (χ2n) is 8.92. The predicted molar refractivity (Wildman–Crippen MR) is 139 cm³/mol. The number of benzene rings is 1. The van der Waals surface area contributed by atoms with Crippen LogP contribution in [0, 0.1) is 12.8 Å². The van der Waals surface area contributed by atoms with Gasteiger partial charge >= 0.3 is 5.97 Å². The van der Waals surface area contributed by atoms with Crippen LogP contribution in [0.5, 0.6) is 0 Å². The van der Waals surface area contributed by atoms with Crippen LogP contribution in [0.15, 0.2) is 64.6 Å². The maximum Gasteiger partial charge on any atom is 0.309 e. The van der Waals surface area contributed by atoms with E-state index in [1.807, 2.05) is 72.7 Å². The Hall–Kier alpha value is -3.65. The summed E-state index contributed by atoms with van der Waals surface area (Å²) in [5.41, 5.74) is 4.30. The number of furan rings is 1. The highest BCUT2D eigenvalue weighted by molar-refractivity contribution is 7.13. The van der Waals surface area contributed by atoms with Crippen molar-refractivity contribution in [3.63, 3.8) is 0 Å². The summed E-state index contributed by atoms with van der Waals surface area (Å²) in [6, 6.07) is 15.8. The van der Waals surface area contributed by atoms with Gasteiger partial charge in [0.1, 0.15) is 10.8 Å². The van der Waals surface area contributed by atoms with E-state index >= 15 is 0 Å². The Morgan fingerprint density at radius 1 is 1.14 bits per heavy atom. The van der Waals surface area contributed by atoms with Crippen LogP contribution in [0.1, 0.15) is 41.6 Å². The molecule has 0 saturated carbocycles. The van der Waals surface area contributed by atoms with Gasteiger partial charge in [-0.25, -0.2) is 4.98 Å². The van der Waals surface area contributed by atoms with Crippen molar-refractivity contribution in [3.05, 3.63) is 77.2 Å². The molecule has 4 aromatic rings. The van der Waals surface area contributed by atoms with E-state index in [9.17, 15) is 9.59 Å². The van der Waals surface area contributed by atoms with Gasteiger partial charge in [0.05, 0.1) is 42.3 Å². The SMILES string of the molecule is CCOC(=O)C1CCN(C(=O)c2cc(-c3csc(-c4ccccc4)n3)n(Cc3ccco3)c2C)CC1. The summed E-state index contributed by atoms with van der Waals surface area (Å²) in [5.74, 6) is 0.488. The van der Waals surface area contributed by atoms with Crippen LogP contribution in [0.3, 0.4) is 0 Å². The number of likely N-dealkylation sites (tertiary alicyclic amines) is 1. The molecule has 0 spiro atoms. The van der Waals surface area contributed by atoms with Gasteiger partial charge in [-0.1, -0.05) is 30.3 Å². The first kappa shape index (κ1) is 24.1. The third-order valence-corrected chi connectivity index (χ3v) is 7.57. The summed E-state index contributed by atoms with van der Waals surface area (Å²) in [7, 11) is 0. The first-order valence-electron chi connectivity index (χ1n) is 12.2. The Morgan fingerprint density at radius 3 is 2.61 bits per heavy atom. The fourth-order valence-corrected chi connectivity index (χ4v) is 5.51. The number of hydrogen-bond acceptors (Lipinski definition) is 6. The smallest absolute Gasteiger partial charge is 0.309 e. The number of amides is 1. The molecule has 1 aromatic carbocycles. The number of carbonyl (C=O) groups is 2. The van der Waals surface area contributed by atoms with Gasteiger partial charge in [-0.3, -0.25) is 9.59 Å². The molecule has 1 aliphatic heterocycles. The number of hydrogen-bond donors (Lipinski definition) is 0. The fraction of sp³-hybridized carbons (Fsp3) is 0.321. The number of ether oxygens (including phenoxy) is 1. The van der Waals surface area contributed by atoms with Crippen molar-refractivity contribution >= 4 is 23.2 Å². The summed E-state index contributed by atoms with van der Waals surface area (Å²) < 4.78 is 12.9. The maximum absolute atomic E-state index is 13.6. The molecule has 0 aliphatic carbocycles. The van der Waals surface area contributed by atoms with Crippen molar-refractivity contribution in [2.24, 2.45) is 5.92 Å². The van der Waals surface area contributed by atoms with Crippen molar-refractivity contribution < 1.29 is 18.7 Å². The number of carbonyl (C=O) groups excluding carboxylic acids is 2. The molecule has 0 bridgehead atoms. The van der Waals surface area contributed by atoms with E-state index in [0.717, 1.165) is 33.4 Å². The Morgan fingerprint density at radius 2 is 1.92 bits per heavy atom. The quantitative estimate of drug-likeness (QED) is 0.305. The van der Waals surface area contributed by atoms with Crippen LogP contribution in [-0.4, -0.2) is 46.0 Å². The molecule has 0 N–H and O–H groups in total. The van der Waals surface area contributed by atoms with Crippen molar-refractivity contribution in [1.82, 2.24) is 14.5 Å². The fourth-order valence-electron chi connectivity index (χ4n) is 4.69. The molecule has 186 valence electrons. The van der Waals surface area contributed by atoms with Crippen molar-refractivity contribution in [2.45, 2.75) is 33.2 Å². The highest BCUT2D eigenvalue weighted by Gasteiger charge is 2.30. The molecule has 1 fully saturated rings. The molecule has 7 nitrogen and oxygen atoms in total. The Labute approximate surface area is 214 Å². The molecule has 0 atom stereocenters. The predicted octanol–water partition coefficient (Wildman–Crippen LogP) is 5.64. The van der Waals surface area contributed by atoms with E-state index in [0.29, 0.717) is 44.6 Å². The van der Waals surface area contributed by atoms with E-state index in [2.05, 4.69) is 4.57 Å². The highest BCUT2D eigenvalue weighted by atomic mass is 32.1. The van der Waals surface area contributed by atoms with E-state index in [1.54, 1.807) is 17.6 Å². The Bertz CT molecular complexity index is 1330. The van der Waals surface area contributed by atoms with Gasteiger partial charge in [0, 0.05) is 29.7 Å². The van der Waals surface area contributed by atoms with E-state index in [4.69, 9.17) is 14.1 Å². The lowest BCUT2D eigenvalue weighted by atomic mass is 9.96. The number of thiazole rings is 1. The first-order valence-corrected chi connectivity index (χ1v) is 13.1. The molecule has 4 heterocycles. The number of piperidine rings is 1. The molecule has 0 unspecified atom stereocenters. The first-order chi connectivity index (χ1) is 17.5. The van der Waals surface area contributed by atoms with Crippen LogP contribution in [0.4, 0.5) is 0 Å². The van der Waals surface area contributed by atoms with Crippen molar-refractivity contribution in [3.8, 4) is 22.0 Å². The molecular weight excluding hydrogens is 474 g/mol. The summed E-state index contributed by atoms with van der Waals surface area (Å²) >= 11 is 1.59. The second-order valence-corrected chi connectivity index (χ2v) is 9.77. The van der Waals surface area contributed by atoms with Crippen LogP contribution in [-0.2, 0) is 16.1 Å². The number of esters is 1. The maximum atomic E-state index is 13.6. The van der Waals surface area contributed by atoms with Gasteiger partial charge in [0.25, 0.3) is 5.91 Å². The molecule has 36 heavy (non-hydrogen) atoms. The van der Waals surface area contributed by atoms with Gasteiger partial charge < -0.3 is 18.6 Å². The minimum absolute atomic E-state index is 0.0206. The van der Waals surface area contributed by atoms with Gasteiger partial charge in [0.15, 0.2) is 0 Å². The van der Waals surface area contributed by atoms with Gasteiger partial charge in [-0.2, -0.15) is 0 Å². The molecule has 5 rings (SSSR count). The number of rotatable bonds is 7. The van der Waals surface area contributed by atoms with Gasteiger partial charge in [-0.15, -0.1) is 11.3 Å². The number of aromatic nitrogens is 2. The zero-order valence-corrected chi connectivity index (χ0v) is 21.3. The van der Waals surface area contributed by atoms with Gasteiger partial charge in [0.2, 0.25) is 0 Å². The Kier molecular flexibility index (Phi) is 7.04. The van der Waals surface area contributed by atoms with Crippen LogP contribution >= 0.6 is 11.3 Å². The molecule has 1 aliphatic rings. The zero-order chi connectivity index (χ0) is 25.1. The third-order valence-electron chi connectivity index (χ3n) is 6.68. The van der Waals surface area contributed by atoms with Crippen molar-refractivity contribution in [2.75, 3.05) is 19.7 Å². The lowest BCUT2D eigenvalue weighted by molar-refractivity contribution is -0.149. The zero-order valence-electron chi connectivity index (χ0n) is 20.5.